The second kappa shape index (κ2) is 9.40. The molecule has 0 unspecified atom stereocenters. The van der Waals surface area contributed by atoms with Crippen molar-refractivity contribution in [1.82, 2.24) is 4.98 Å². The standard InChI is InChI=1S/C31H26N2OS/c1-21-12-14-22(15-13-21)30-25-8-3-5-10-28(25)34-31(29-11-6-18-35-29)26(30)20-32-17-16-23-19-33-27-9-4-2-7-24(23)27/h2-15,18-20,30,33H,16-17H2,1H3/t30-/m1/s1. The van der Waals surface area contributed by atoms with E-state index in [2.05, 4.69) is 102 Å². The lowest BCUT2D eigenvalue weighted by molar-refractivity contribution is 0.490. The molecule has 0 fully saturated rings. The number of H-pyrrole nitrogens is 1. The van der Waals surface area contributed by atoms with Crippen LogP contribution in [-0.4, -0.2) is 17.7 Å². The molecule has 5 aromatic rings. The molecule has 0 bridgehead atoms. The van der Waals surface area contributed by atoms with Gasteiger partial charge in [0.15, 0.2) is 0 Å². The highest BCUT2D eigenvalue weighted by molar-refractivity contribution is 7.11. The van der Waals surface area contributed by atoms with Crippen molar-refractivity contribution in [3.63, 3.8) is 0 Å². The Bertz CT molecular complexity index is 1520. The topological polar surface area (TPSA) is 37.4 Å². The quantitative estimate of drug-likeness (QED) is 0.251. The Morgan fingerprint density at radius 3 is 2.63 bits per heavy atom. The van der Waals surface area contributed by atoms with Gasteiger partial charge in [0.25, 0.3) is 0 Å². The smallest absolute Gasteiger partial charge is 0.150 e. The number of thiophene rings is 1. The van der Waals surface area contributed by atoms with Gasteiger partial charge in [-0.1, -0.05) is 72.3 Å². The first-order valence-electron chi connectivity index (χ1n) is 11.9. The molecule has 3 nitrogen and oxygen atoms in total. The molecule has 35 heavy (non-hydrogen) atoms. The second-order valence-corrected chi connectivity index (χ2v) is 9.84. The summed E-state index contributed by atoms with van der Waals surface area (Å²) in [6.45, 7) is 2.84. The fourth-order valence-corrected chi connectivity index (χ4v) is 5.54. The van der Waals surface area contributed by atoms with Crippen molar-refractivity contribution in [2.45, 2.75) is 19.3 Å². The molecule has 1 aliphatic heterocycles. The van der Waals surface area contributed by atoms with Gasteiger partial charge < -0.3 is 9.72 Å². The van der Waals surface area contributed by atoms with Gasteiger partial charge in [-0.15, -0.1) is 11.3 Å². The number of nitrogens with one attached hydrogen (secondary N) is 1. The molecule has 3 aromatic carbocycles. The van der Waals surface area contributed by atoms with Crippen LogP contribution in [0.2, 0.25) is 0 Å². The summed E-state index contributed by atoms with van der Waals surface area (Å²) >= 11 is 1.70. The normalized spacial score (nSPS) is 15.5. The Morgan fingerprint density at radius 2 is 1.77 bits per heavy atom. The first-order valence-corrected chi connectivity index (χ1v) is 12.8. The number of nitrogens with zero attached hydrogens (tertiary/aromatic N) is 1. The zero-order valence-corrected chi connectivity index (χ0v) is 20.4. The third-order valence-corrected chi connectivity index (χ3v) is 7.46. The summed E-state index contributed by atoms with van der Waals surface area (Å²) in [6.07, 6.45) is 5.03. The number of hydrogen-bond donors (Lipinski definition) is 1. The van der Waals surface area contributed by atoms with Gasteiger partial charge >= 0.3 is 0 Å². The number of rotatable bonds is 6. The van der Waals surface area contributed by atoms with Crippen LogP contribution in [0.15, 0.2) is 107 Å². The van der Waals surface area contributed by atoms with Gasteiger partial charge in [0.1, 0.15) is 11.5 Å². The zero-order valence-electron chi connectivity index (χ0n) is 19.6. The van der Waals surface area contributed by atoms with Crippen LogP contribution in [0.3, 0.4) is 0 Å². The summed E-state index contributed by atoms with van der Waals surface area (Å²) in [7, 11) is 0. The minimum absolute atomic E-state index is 0.0643. The van der Waals surface area contributed by atoms with E-state index in [1.807, 2.05) is 12.3 Å². The number of hydrogen-bond acceptors (Lipinski definition) is 3. The van der Waals surface area contributed by atoms with Crippen molar-refractivity contribution in [2.75, 3.05) is 6.54 Å². The molecule has 4 heteroatoms. The van der Waals surface area contributed by atoms with E-state index in [-0.39, 0.29) is 5.92 Å². The number of para-hydroxylation sites is 2. The zero-order chi connectivity index (χ0) is 23.6. The molecule has 0 radical (unpaired) electrons. The maximum Gasteiger partial charge on any atom is 0.150 e. The Labute approximate surface area is 209 Å². The fraction of sp³-hybridized carbons (Fsp3) is 0.129. The molecule has 1 N–H and O–H groups in total. The number of aromatic amines is 1. The van der Waals surface area contributed by atoms with Crippen molar-refractivity contribution in [3.8, 4) is 5.75 Å². The SMILES string of the molecule is Cc1ccc([C@H]2C(C=NCCc3c[nH]c4ccccc34)=C(c3cccs3)Oc3ccccc32)cc1. The number of allylic oxidation sites excluding steroid dienone is 1. The highest BCUT2D eigenvalue weighted by Gasteiger charge is 2.31. The van der Waals surface area contributed by atoms with Crippen molar-refractivity contribution < 1.29 is 4.74 Å². The van der Waals surface area contributed by atoms with E-state index < -0.39 is 0 Å². The van der Waals surface area contributed by atoms with Gasteiger partial charge in [-0.2, -0.15) is 0 Å². The maximum absolute atomic E-state index is 6.52. The number of fused-ring (bicyclic) bond motifs is 2. The van der Waals surface area contributed by atoms with E-state index in [1.165, 1.54) is 33.2 Å². The van der Waals surface area contributed by atoms with E-state index in [1.54, 1.807) is 11.3 Å². The molecule has 1 atom stereocenters. The third-order valence-electron chi connectivity index (χ3n) is 6.59. The molecule has 0 saturated carbocycles. The van der Waals surface area contributed by atoms with Gasteiger partial charge in [0.2, 0.25) is 0 Å². The number of ether oxygens (including phenoxy) is 1. The van der Waals surface area contributed by atoms with Gasteiger partial charge in [0, 0.05) is 46.9 Å². The van der Waals surface area contributed by atoms with E-state index in [9.17, 15) is 0 Å². The molecule has 1 aliphatic rings. The average molecular weight is 475 g/mol. The number of aliphatic imine (C=N–C) groups is 1. The number of aromatic nitrogens is 1. The monoisotopic (exact) mass is 474 g/mol. The van der Waals surface area contributed by atoms with Gasteiger partial charge in [0.05, 0.1) is 4.88 Å². The van der Waals surface area contributed by atoms with Crippen molar-refractivity contribution in [2.24, 2.45) is 4.99 Å². The Kier molecular flexibility index (Phi) is 5.81. The lowest BCUT2D eigenvalue weighted by Crippen LogP contribution is -2.17. The van der Waals surface area contributed by atoms with Crippen LogP contribution in [0.25, 0.3) is 16.7 Å². The van der Waals surface area contributed by atoms with Gasteiger partial charge in [-0.25, -0.2) is 0 Å². The second-order valence-electron chi connectivity index (χ2n) is 8.89. The van der Waals surface area contributed by atoms with Crippen LogP contribution in [-0.2, 0) is 6.42 Å². The van der Waals surface area contributed by atoms with Crippen molar-refractivity contribution in [1.29, 1.82) is 0 Å². The minimum atomic E-state index is 0.0643. The van der Waals surface area contributed by atoms with Crippen LogP contribution >= 0.6 is 11.3 Å². The van der Waals surface area contributed by atoms with Crippen LogP contribution in [0.4, 0.5) is 0 Å². The minimum Gasteiger partial charge on any atom is -0.455 e. The average Bonchev–Trinajstić information content (AvgIpc) is 3.57. The Morgan fingerprint density at radius 1 is 0.943 bits per heavy atom. The maximum atomic E-state index is 6.52. The van der Waals surface area contributed by atoms with Crippen molar-refractivity contribution in [3.05, 3.63) is 129 Å². The van der Waals surface area contributed by atoms with Gasteiger partial charge in [-0.05, 0) is 48.1 Å². The highest BCUT2D eigenvalue weighted by Crippen LogP contribution is 2.45. The Hall–Kier alpha value is -3.89. The summed E-state index contributed by atoms with van der Waals surface area (Å²) in [6, 6.07) is 29.8. The molecule has 6 rings (SSSR count). The summed E-state index contributed by atoms with van der Waals surface area (Å²) in [5.41, 5.74) is 7.25. The van der Waals surface area contributed by atoms with Crippen LogP contribution in [0.5, 0.6) is 5.75 Å². The summed E-state index contributed by atoms with van der Waals surface area (Å²) < 4.78 is 6.52. The molecule has 0 amide bonds. The van der Waals surface area contributed by atoms with Crippen molar-refractivity contribution >= 4 is 34.2 Å². The molecule has 2 aromatic heterocycles. The fourth-order valence-electron chi connectivity index (χ4n) is 4.82. The highest BCUT2D eigenvalue weighted by atomic mass is 32.1. The molecule has 0 saturated heterocycles. The molecule has 0 aliphatic carbocycles. The number of benzene rings is 3. The third kappa shape index (κ3) is 4.22. The largest absolute Gasteiger partial charge is 0.455 e. The van der Waals surface area contributed by atoms with E-state index >= 15 is 0 Å². The number of aryl methyl sites for hydroxylation is 1. The van der Waals surface area contributed by atoms with Crippen LogP contribution < -0.4 is 4.74 Å². The first-order chi connectivity index (χ1) is 17.3. The van der Waals surface area contributed by atoms with E-state index in [4.69, 9.17) is 9.73 Å². The summed E-state index contributed by atoms with van der Waals surface area (Å²) in [5, 5.41) is 3.37. The molecular weight excluding hydrogens is 448 g/mol. The van der Waals surface area contributed by atoms with Crippen LogP contribution in [0.1, 0.15) is 33.0 Å². The van der Waals surface area contributed by atoms with E-state index in [0.29, 0.717) is 6.54 Å². The molecule has 0 spiro atoms. The summed E-state index contributed by atoms with van der Waals surface area (Å²) in [4.78, 5) is 9.42. The van der Waals surface area contributed by atoms with Gasteiger partial charge in [-0.3, -0.25) is 4.99 Å². The lowest BCUT2D eigenvalue weighted by atomic mass is 9.82. The first kappa shape index (κ1) is 21.6. The predicted molar refractivity (Wildman–Crippen MR) is 147 cm³/mol. The molecule has 172 valence electrons. The molecule has 3 heterocycles. The van der Waals surface area contributed by atoms with E-state index in [0.717, 1.165) is 28.4 Å². The predicted octanol–water partition coefficient (Wildman–Crippen LogP) is 7.79. The lowest BCUT2D eigenvalue weighted by Gasteiger charge is -2.29. The molecular formula is C31H26N2OS. The summed E-state index contributed by atoms with van der Waals surface area (Å²) in [5.74, 6) is 1.88. The Balaban J connectivity index is 1.39. The van der Waals surface area contributed by atoms with Crippen LogP contribution in [0, 0.1) is 6.92 Å².